The molecule has 1 fully saturated rings. The predicted octanol–water partition coefficient (Wildman–Crippen LogP) is 3.90. The van der Waals surface area contributed by atoms with Crippen LogP contribution >= 0.6 is 0 Å². The zero-order valence-corrected chi connectivity index (χ0v) is 14.1. The van der Waals surface area contributed by atoms with Crippen LogP contribution in [-0.2, 0) is 0 Å². The Kier molecular flexibility index (Phi) is 6.32. The van der Waals surface area contributed by atoms with Crippen LogP contribution in [0.25, 0.3) is 0 Å². The molecule has 4 atom stereocenters. The molecule has 0 spiro atoms. The van der Waals surface area contributed by atoms with Gasteiger partial charge in [0.15, 0.2) is 0 Å². The lowest BCUT2D eigenvalue weighted by Gasteiger charge is -2.46. The highest BCUT2D eigenvalue weighted by molar-refractivity contribution is 4.90. The molecule has 0 aromatic carbocycles. The lowest BCUT2D eigenvalue weighted by molar-refractivity contribution is 0.0321. The van der Waals surface area contributed by atoms with Gasteiger partial charge in [0.1, 0.15) is 0 Å². The van der Waals surface area contributed by atoms with Crippen molar-refractivity contribution in [2.24, 2.45) is 23.0 Å². The smallest absolute Gasteiger partial charge is 0.0138 e. The molecule has 0 saturated heterocycles. The first kappa shape index (κ1) is 17.0. The van der Waals surface area contributed by atoms with E-state index in [1.807, 2.05) is 0 Å². The van der Waals surface area contributed by atoms with Gasteiger partial charge in [0.2, 0.25) is 0 Å². The van der Waals surface area contributed by atoms with E-state index in [0.717, 1.165) is 12.5 Å². The Hall–Kier alpha value is -0.0800. The average Bonchev–Trinajstić information content (AvgIpc) is 2.36. The van der Waals surface area contributed by atoms with E-state index >= 15 is 0 Å². The van der Waals surface area contributed by atoms with Crippen LogP contribution in [0.4, 0.5) is 0 Å². The maximum absolute atomic E-state index is 6.03. The highest BCUT2D eigenvalue weighted by atomic mass is 15.2. The minimum atomic E-state index is 0.339. The molecule has 114 valence electrons. The summed E-state index contributed by atoms with van der Waals surface area (Å²) in [6.45, 7) is 12.6. The fourth-order valence-electron chi connectivity index (χ4n) is 3.64. The molecule has 1 saturated carbocycles. The van der Waals surface area contributed by atoms with E-state index in [1.165, 1.54) is 32.1 Å². The molecule has 1 rings (SSSR count). The fourth-order valence-corrected chi connectivity index (χ4v) is 3.64. The molecule has 2 N–H and O–H groups in total. The topological polar surface area (TPSA) is 29.3 Å². The van der Waals surface area contributed by atoms with Crippen LogP contribution in [0.2, 0.25) is 0 Å². The van der Waals surface area contributed by atoms with Crippen molar-refractivity contribution in [1.29, 1.82) is 0 Å². The standard InChI is InChI=1S/C17H36N2/c1-7-8-14-9-10-15(12-18)16(11-14)19(6)13(2)17(3,4)5/h13-16H,7-12,18H2,1-6H3. The molecule has 0 aromatic heterocycles. The molecule has 2 heteroatoms. The van der Waals surface area contributed by atoms with Gasteiger partial charge >= 0.3 is 0 Å². The van der Waals surface area contributed by atoms with Crippen molar-refractivity contribution in [1.82, 2.24) is 4.90 Å². The fraction of sp³-hybridized carbons (Fsp3) is 1.00. The summed E-state index contributed by atoms with van der Waals surface area (Å²) < 4.78 is 0. The summed E-state index contributed by atoms with van der Waals surface area (Å²) in [5.41, 5.74) is 6.37. The number of hydrogen-bond donors (Lipinski definition) is 1. The van der Waals surface area contributed by atoms with Gasteiger partial charge < -0.3 is 5.73 Å². The van der Waals surface area contributed by atoms with Gasteiger partial charge in [0.05, 0.1) is 0 Å². The molecule has 0 radical (unpaired) electrons. The second-order valence-corrected chi connectivity index (χ2v) is 7.74. The van der Waals surface area contributed by atoms with Crippen LogP contribution in [0.15, 0.2) is 0 Å². The predicted molar refractivity (Wildman–Crippen MR) is 85.3 cm³/mol. The minimum absolute atomic E-state index is 0.339. The maximum atomic E-state index is 6.03. The van der Waals surface area contributed by atoms with Gasteiger partial charge in [-0.05, 0) is 50.6 Å². The van der Waals surface area contributed by atoms with Crippen LogP contribution in [0.5, 0.6) is 0 Å². The van der Waals surface area contributed by atoms with Crippen LogP contribution in [-0.4, -0.2) is 30.6 Å². The van der Waals surface area contributed by atoms with E-state index in [9.17, 15) is 0 Å². The summed E-state index contributed by atoms with van der Waals surface area (Å²) in [5, 5.41) is 0. The Labute approximate surface area is 121 Å². The number of nitrogens with two attached hydrogens (primary N) is 1. The number of hydrogen-bond acceptors (Lipinski definition) is 2. The van der Waals surface area contributed by atoms with E-state index in [-0.39, 0.29) is 0 Å². The largest absolute Gasteiger partial charge is 0.330 e. The molecule has 0 aliphatic heterocycles. The lowest BCUT2D eigenvalue weighted by Crippen LogP contribution is -2.51. The molecular formula is C17H36N2. The third kappa shape index (κ3) is 4.46. The minimum Gasteiger partial charge on any atom is -0.330 e. The monoisotopic (exact) mass is 268 g/mol. The Morgan fingerprint density at radius 2 is 1.89 bits per heavy atom. The summed E-state index contributed by atoms with van der Waals surface area (Å²) in [6.07, 6.45) is 6.79. The first-order chi connectivity index (χ1) is 8.81. The van der Waals surface area contributed by atoms with Crippen LogP contribution in [0.3, 0.4) is 0 Å². The van der Waals surface area contributed by atoms with Crippen molar-refractivity contribution in [2.45, 2.75) is 78.8 Å². The van der Waals surface area contributed by atoms with Gasteiger partial charge in [-0.25, -0.2) is 0 Å². The van der Waals surface area contributed by atoms with Crippen LogP contribution < -0.4 is 5.73 Å². The highest BCUT2D eigenvalue weighted by Gasteiger charge is 2.36. The maximum Gasteiger partial charge on any atom is 0.0138 e. The second-order valence-electron chi connectivity index (χ2n) is 7.74. The molecule has 0 bridgehead atoms. The Balaban J connectivity index is 2.74. The van der Waals surface area contributed by atoms with Gasteiger partial charge in [-0.15, -0.1) is 0 Å². The molecule has 0 amide bonds. The molecule has 0 aromatic rings. The zero-order valence-electron chi connectivity index (χ0n) is 14.1. The van der Waals surface area contributed by atoms with Crippen molar-refractivity contribution < 1.29 is 0 Å². The first-order valence-electron chi connectivity index (χ1n) is 8.23. The summed E-state index contributed by atoms with van der Waals surface area (Å²) in [4.78, 5) is 2.62. The van der Waals surface area contributed by atoms with E-state index in [4.69, 9.17) is 5.73 Å². The number of rotatable bonds is 5. The van der Waals surface area contributed by atoms with E-state index < -0.39 is 0 Å². The third-order valence-electron chi connectivity index (χ3n) is 5.45. The average molecular weight is 268 g/mol. The van der Waals surface area contributed by atoms with Crippen molar-refractivity contribution in [2.75, 3.05) is 13.6 Å². The van der Waals surface area contributed by atoms with Crippen molar-refractivity contribution >= 4 is 0 Å². The number of nitrogens with zero attached hydrogens (tertiary/aromatic N) is 1. The molecule has 1 aliphatic carbocycles. The Morgan fingerprint density at radius 3 is 2.37 bits per heavy atom. The van der Waals surface area contributed by atoms with E-state index in [1.54, 1.807) is 0 Å². The molecule has 0 heterocycles. The molecule has 19 heavy (non-hydrogen) atoms. The van der Waals surface area contributed by atoms with Crippen molar-refractivity contribution in [3.05, 3.63) is 0 Å². The SMILES string of the molecule is CCCC1CCC(CN)C(N(C)C(C)C(C)(C)C)C1. The van der Waals surface area contributed by atoms with Gasteiger partial charge in [-0.3, -0.25) is 4.90 Å². The summed E-state index contributed by atoms with van der Waals surface area (Å²) in [5.74, 6) is 1.62. The molecule has 4 unspecified atom stereocenters. The second kappa shape index (κ2) is 7.08. The van der Waals surface area contributed by atoms with Gasteiger partial charge in [0.25, 0.3) is 0 Å². The van der Waals surface area contributed by atoms with Crippen molar-refractivity contribution in [3.8, 4) is 0 Å². The van der Waals surface area contributed by atoms with Crippen LogP contribution in [0.1, 0.15) is 66.7 Å². The summed E-state index contributed by atoms with van der Waals surface area (Å²) >= 11 is 0. The first-order valence-corrected chi connectivity index (χ1v) is 8.23. The van der Waals surface area contributed by atoms with Crippen molar-refractivity contribution in [3.63, 3.8) is 0 Å². The van der Waals surface area contributed by atoms with Gasteiger partial charge in [-0.2, -0.15) is 0 Å². The van der Waals surface area contributed by atoms with Crippen LogP contribution in [0, 0.1) is 17.3 Å². The van der Waals surface area contributed by atoms with Gasteiger partial charge in [0, 0.05) is 12.1 Å². The summed E-state index contributed by atoms with van der Waals surface area (Å²) in [6, 6.07) is 1.29. The normalized spacial score (nSPS) is 30.6. The van der Waals surface area contributed by atoms with Gasteiger partial charge in [-0.1, -0.05) is 47.0 Å². The summed E-state index contributed by atoms with van der Waals surface area (Å²) in [7, 11) is 2.32. The van der Waals surface area contributed by atoms with E-state index in [2.05, 4.69) is 46.6 Å². The lowest BCUT2D eigenvalue weighted by atomic mass is 9.74. The van der Waals surface area contributed by atoms with E-state index in [0.29, 0.717) is 23.4 Å². The molecular weight excluding hydrogens is 232 g/mol. The Morgan fingerprint density at radius 1 is 1.26 bits per heavy atom. The highest BCUT2D eigenvalue weighted by Crippen LogP contribution is 2.36. The quantitative estimate of drug-likeness (QED) is 0.819. The zero-order chi connectivity index (χ0) is 14.6. The molecule has 2 nitrogen and oxygen atoms in total. The molecule has 1 aliphatic rings. The Bertz CT molecular complexity index is 256. The third-order valence-corrected chi connectivity index (χ3v) is 5.45.